The number of aromatic amines is 1. The van der Waals surface area contributed by atoms with Crippen molar-refractivity contribution in [1.82, 2.24) is 35.6 Å². The van der Waals surface area contributed by atoms with Gasteiger partial charge in [0.05, 0.1) is 17.0 Å². The Hall–Kier alpha value is -3.48. The van der Waals surface area contributed by atoms with Crippen molar-refractivity contribution < 1.29 is 0 Å². The SMILES string of the molecule is Cc1nccc(-c2c3c(nc(-c4ccccc4)c2-c2nnn[nH]2)CCCCC3)n1. The summed E-state index contributed by atoms with van der Waals surface area (Å²) in [4.78, 5) is 14.2. The maximum atomic E-state index is 5.15. The topological polar surface area (TPSA) is 93.1 Å². The van der Waals surface area contributed by atoms with E-state index in [1.165, 1.54) is 12.0 Å². The normalized spacial score (nSPS) is 13.7. The summed E-state index contributed by atoms with van der Waals surface area (Å²) in [5.41, 5.74) is 7.20. The number of nitrogens with zero attached hydrogens (tertiary/aromatic N) is 6. The highest BCUT2D eigenvalue weighted by atomic mass is 15.5. The summed E-state index contributed by atoms with van der Waals surface area (Å²) in [6.07, 6.45) is 7.26. The summed E-state index contributed by atoms with van der Waals surface area (Å²) < 4.78 is 0. The van der Waals surface area contributed by atoms with E-state index in [2.05, 4.69) is 37.7 Å². The zero-order valence-electron chi connectivity index (χ0n) is 16.3. The lowest BCUT2D eigenvalue weighted by Crippen LogP contribution is -2.07. The van der Waals surface area contributed by atoms with Crippen LogP contribution in [0.15, 0.2) is 42.6 Å². The van der Waals surface area contributed by atoms with Crippen LogP contribution in [0.2, 0.25) is 0 Å². The molecule has 7 nitrogen and oxygen atoms in total. The number of aryl methyl sites for hydroxylation is 2. The molecule has 4 aromatic rings. The number of rotatable bonds is 3. The minimum absolute atomic E-state index is 0.606. The minimum Gasteiger partial charge on any atom is -0.252 e. The average molecular weight is 383 g/mol. The van der Waals surface area contributed by atoms with Gasteiger partial charge >= 0.3 is 0 Å². The Morgan fingerprint density at radius 3 is 2.55 bits per heavy atom. The summed E-state index contributed by atoms with van der Waals surface area (Å²) in [5.74, 6) is 1.35. The molecule has 0 spiro atoms. The fourth-order valence-electron chi connectivity index (χ4n) is 4.10. The molecule has 7 heteroatoms. The molecular weight excluding hydrogens is 362 g/mol. The van der Waals surface area contributed by atoms with Crippen LogP contribution in [0, 0.1) is 6.92 Å². The number of hydrogen-bond donors (Lipinski definition) is 1. The van der Waals surface area contributed by atoms with Gasteiger partial charge in [-0.3, -0.25) is 4.98 Å². The molecule has 0 unspecified atom stereocenters. The molecule has 1 aliphatic carbocycles. The molecular formula is C22H21N7. The van der Waals surface area contributed by atoms with E-state index in [0.717, 1.165) is 65.3 Å². The predicted molar refractivity (Wildman–Crippen MR) is 110 cm³/mol. The molecule has 0 saturated heterocycles. The van der Waals surface area contributed by atoms with E-state index < -0.39 is 0 Å². The van der Waals surface area contributed by atoms with Crippen LogP contribution in [0.3, 0.4) is 0 Å². The van der Waals surface area contributed by atoms with E-state index in [1.807, 2.05) is 37.4 Å². The zero-order valence-corrected chi connectivity index (χ0v) is 16.3. The van der Waals surface area contributed by atoms with Crippen molar-refractivity contribution in [2.45, 2.75) is 39.0 Å². The first-order valence-corrected chi connectivity index (χ1v) is 9.96. The highest BCUT2D eigenvalue weighted by Crippen LogP contribution is 2.41. The first kappa shape index (κ1) is 17.6. The van der Waals surface area contributed by atoms with Crippen LogP contribution >= 0.6 is 0 Å². The van der Waals surface area contributed by atoms with E-state index in [0.29, 0.717) is 5.82 Å². The van der Waals surface area contributed by atoms with E-state index in [-0.39, 0.29) is 0 Å². The molecule has 0 saturated carbocycles. The lowest BCUT2D eigenvalue weighted by atomic mass is 9.90. The monoisotopic (exact) mass is 383 g/mol. The van der Waals surface area contributed by atoms with Gasteiger partial charge in [0.1, 0.15) is 5.82 Å². The Bertz CT molecular complexity index is 1140. The first-order chi connectivity index (χ1) is 14.3. The molecule has 1 aromatic carbocycles. The summed E-state index contributed by atoms with van der Waals surface area (Å²) >= 11 is 0. The molecule has 144 valence electrons. The van der Waals surface area contributed by atoms with E-state index >= 15 is 0 Å². The van der Waals surface area contributed by atoms with Crippen molar-refractivity contribution in [3.63, 3.8) is 0 Å². The molecule has 1 N–H and O–H groups in total. The van der Waals surface area contributed by atoms with Gasteiger partial charge in [0.2, 0.25) is 0 Å². The fraction of sp³-hybridized carbons (Fsp3) is 0.273. The summed E-state index contributed by atoms with van der Waals surface area (Å²) in [7, 11) is 0. The van der Waals surface area contributed by atoms with E-state index in [4.69, 9.17) is 9.97 Å². The van der Waals surface area contributed by atoms with Crippen molar-refractivity contribution >= 4 is 0 Å². The molecule has 0 radical (unpaired) electrons. The summed E-state index contributed by atoms with van der Waals surface area (Å²) in [5, 5.41) is 14.9. The number of nitrogens with one attached hydrogen (secondary N) is 1. The summed E-state index contributed by atoms with van der Waals surface area (Å²) in [6, 6.07) is 12.2. The Labute approximate surface area is 168 Å². The highest BCUT2D eigenvalue weighted by molar-refractivity contribution is 5.91. The number of tetrazole rings is 1. The third kappa shape index (κ3) is 3.29. The Morgan fingerprint density at radius 1 is 0.897 bits per heavy atom. The van der Waals surface area contributed by atoms with Crippen LogP contribution in [0.25, 0.3) is 33.9 Å². The number of pyridine rings is 1. The summed E-state index contributed by atoms with van der Waals surface area (Å²) in [6.45, 7) is 1.91. The van der Waals surface area contributed by atoms with Crippen molar-refractivity contribution in [2.24, 2.45) is 0 Å². The van der Waals surface area contributed by atoms with Gasteiger partial charge in [-0.1, -0.05) is 36.8 Å². The molecule has 0 atom stereocenters. The van der Waals surface area contributed by atoms with Gasteiger partial charge in [-0.25, -0.2) is 15.1 Å². The molecule has 3 aromatic heterocycles. The number of H-pyrrole nitrogens is 1. The van der Waals surface area contributed by atoms with Gasteiger partial charge in [0, 0.05) is 23.0 Å². The quantitative estimate of drug-likeness (QED) is 0.538. The van der Waals surface area contributed by atoms with Gasteiger partial charge in [-0.2, -0.15) is 0 Å². The number of fused-ring (bicyclic) bond motifs is 1. The Kier molecular flexibility index (Phi) is 4.56. The van der Waals surface area contributed by atoms with Crippen LogP contribution in [-0.4, -0.2) is 35.6 Å². The predicted octanol–water partition coefficient (Wildman–Crippen LogP) is 3.96. The van der Waals surface area contributed by atoms with Crippen LogP contribution < -0.4 is 0 Å². The fourth-order valence-corrected chi connectivity index (χ4v) is 4.10. The van der Waals surface area contributed by atoms with Crippen molar-refractivity contribution in [1.29, 1.82) is 0 Å². The van der Waals surface area contributed by atoms with Crippen molar-refractivity contribution in [2.75, 3.05) is 0 Å². The van der Waals surface area contributed by atoms with Crippen LogP contribution in [0.4, 0.5) is 0 Å². The second-order valence-electron chi connectivity index (χ2n) is 7.30. The third-order valence-corrected chi connectivity index (χ3v) is 5.39. The van der Waals surface area contributed by atoms with Gasteiger partial charge in [-0.05, 0) is 54.7 Å². The largest absolute Gasteiger partial charge is 0.252 e. The maximum absolute atomic E-state index is 5.15. The lowest BCUT2D eigenvalue weighted by Gasteiger charge is -2.19. The number of benzene rings is 1. The molecule has 29 heavy (non-hydrogen) atoms. The molecule has 0 bridgehead atoms. The van der Waals surface area contributed by atoms with E-state index in [1.54, 1.807) is 0 Å². The van der Waals surface area contributed by atoms with Crippen LogP contribution in [0.1, 0.15) is 36.3 Å². The van der Waals surface area contributed by atoms with Gasteiger partial charge in [-0.15, -0.1) is 5.10 Å². The number of aromatic nitrogens is 7. The third-order valence-electron chi connectivity index (χ3n) is 5.39. The Morgan fingerprint density at radius 2 is 1.76 bits per heavy atom. The highest BCUT2D eigenvalue weighted by Gasteiger charge is 2.26. The van der Waals surface area contributed by atoms with Crippen molar-refractivity contribution in [3.05, 3.63) is 59.7 Å². The number of hydrogen-bond acceptors (Lipinski definition) is 6. The lowest BCUT2D eigenvalue weighted by molar-refractivity contribution is 0.709. The zero-order chi connectivity index (χ0) is 19.6. The standard InChI is InChI=1S/C22H21N7/c1-14-23-13-12-18(24-14)19-16-10-6-3-7-11-17(16)25-21(15-8-4-2-5-9-15)20(19)22-26-28-29-27-22/h2,4-5,8-9,12-13H,3,6-7,10-11H2,1H3,(H,26,27,28,29). The second kappa shape index (κ2) is 7.50. The van der Waals surface area contributed by atoms with Gasteiger partial charge in [0.25, 0.3) is 0 Å². The smallest absolute Gasteiger partial charge is 0.182 e. The molecule has 0 fully saturated rings. The van der Waals surface area contributed by atoms with Crippen LogP contribution in [-0.2, 0) is 12.8 Å². The van der Waals surface area contributed by atoms with Gasteiger partial charge < -0.3 is 0 Å². The minimum atomic E-state index is 0.606. The molecule has 0 aliphatic heterocycles. The Balaban J connectivity index is 1.90. The molecule has 5 rings (SSSR count). The molecule has 1 aliphatic rings. The molecule has 3 heterocycles. The van der Waals surface area contributed by atoms with E-state index in [9.17, 15) is 0 Å². The second-order valence-corrected chi connectivity index (χ2v) is 7.30. The average Bonchev–Trinajstić information content (AvgIpc) is 3.18. The first-order valence-electron chi connectivity index (χ1n) is 9.96. The van der Waals surface area contributed by atoms with Crippen LogP contribution in [0.5, 0.6) is 0 Å². The van der Waals surface area contributed by atoms with Crippen molar-refractivity contribution in [3.8, 4) is 33.9 Å². The van der Waals surface area contributed by atoms with Gasteiger partial charge in [0.15, 0.2) is 5.82 Å². The maximum Gasteiger partial charge on any atom is 0.182 e. The molecule has 0 amide bonds.